The molecule has 0 bridgehead atoms. The molecule has 4 rings (SSSR count). The molecule has 2 fully saturated rings. The lowest BCUT2D eigenvalue weighted by molar-refractivity contribution is -0.282. The third-order valence-corrected chi connectivity index (χ3v) is 9.60. The number of rotatable bonds is 14. The van der Waals surface area contributed by atoms with Gasteiger partial charge in [0, 0.05) is 24.5 Å². The van der Waals surface area contributed by atoms with E-state index in [1.807, 2.05) is 4.98 Å². The fraction of sp³-hybridized carbons (Fsp3) is 0.542. The number of aromatic nitrogens is 2. The van der Waals surface area contributed by atoms with Gasteiger partial charge in [0.25, 0.3) is 11.5 Å². The van der Waals surface area contributed by atoms with E-state index >= 15 is 0 Å². The van der Waals surface area contributed by atoms with Crippen molar-refractivity contribution in [2.24, 2.45) is 0 Å². The van der Waals surface area contributed by atoms with Gasteiger partial charge in [-0.15, -0.1) is 0 Å². The highest BCUT2D eigenvalue weighted by atomic mass is 31.3. The third kappa shape index (κ3) is 9.41. The molecule has 11 N–H and O–H groups in total. The second-order valence-corrected chi connectivity index (χ2v) is 13.4. The van der Waals surface area contributed by atoms with Crippen molar-refractivity contribution in [1.82, 2.24) is 14.9 Å². The first-order valence-electron chi connectivity index (χ1n) is 13.9. The number of phosphoric acid groups is 2. The molecule has 2 unspecified atom stereocenters. The van der Waals surface area contributed by atoms with Crippen molar-refractivity contribution in [3.8, 4) is 0 Å². The van der Waals surface area contributed by atoms with Crippen LogP contribution in [-0.2, 0) is 36.7 Å². The second-order valence-electron chi connectivity index (χ2n) is 10.4. The van der Waals surface area contributed by atoms with E-state index in [0.29, 0.717) is 0 Å². The summed E-state index contributed by atoms with van der Waals surface area (Å²) in [7, 11) is -11.2. The fourth-order valence-corrected chi connectivity index (χ4v) is 6.73. The van der Waals surface area contributed by atoms with Crippen LogP contribution in [0, 0.1) is 0 Å². The van der Waals surface area contributed by atoms with Gasteiger partial charge in [-0.05, 0) is 12.1 Å². The number of aromatic amines is 1. The minimum absolute atomic E-state index is 0.0270. The third-order valence-electron chi connectivity index (χ3n) is 7.00. The lowest BCUT2D eigenvalue weighted by atomic mass is 9.99. The van der Waals surface area contributed by atoms with Gasteiger partial charge >= 0.3 is 21.3 Å². The maximum absolute atomic E-state index is 12.6. The number of nitrogens with one attached hydrogen (secondary N) is 2. The SMILES string of the molecule is Nc1ccccc1C(=O)NCCOC[C@H]1O[C@H](OP(=O)(O)OP(=O)(O)OC[C@H]2O[C@@H](n3ccc(=O)[nH]c3=O)[C@H](O)[C@@H]2O)[C@H](O)[C@@H](O)[C@H]1O. The largest absolute Gasteiger partial charge is 0.483 e. The Labute approximate surface area is 269 Å². The number of ether oxygens (including phenoxy) is 3. The van der Waals surface area contributed by atoms with Crippen molar-refractivity contribution >= 4 is 27.2 Å². The molecule has 2 aromatic rings. The van der Waals surface area contributed by atoms with E-state index in [0.717, 1.165) is 16.8 Å². The van der Waals surface area contributed by atoms with Crippen LogP contribution in [0.5, 0.6) is 0 Å². The minimum Gasteiger partial charge on any atom is -0.398 e. The molecule has 3 heterocycles. The molecule has 0 aliphatic carbocycles. The molecule has 11 atom stereocenters. The summed E-state index contributed by atoms with van der Waals surface area (Å²) in [6.07, 6.45) is -15.5. The van der Waals surface area contributed by atoms with Crippen molar-refractivity contribution in [3.05, 3.63) is 62.9 Å². The average Bonchev–Trinajstić information content (AvgIpc) is 3.29. The Hall–Kier alpha value is -2.89. The molecule has 1 amide bonds. The molecule has 1 aromatic heterocycles. The van der Waals surface area contributed by atoms with Crippen molar-refractivity contribution < 1.29 is 76.8 Å². The Kier molecular flexibility index (Phi) is 12.5. The van der Waals surface area contributed by atoms with Gasteiger partial charge in [0.05, 0.1) is 25.4 Å². The Balaban J connectivity index is 1.27. The highest BCUT2D eigenvalue weighted by Crippen LogP contribution is 2.61. The zero-order valence-electron chi connectivity index (χ0n) is 24.5. The summed E-state index contributed by atoms with van der Waals surface area (Å²) in [6.45, 7) is -1.71. The Morgan fingerprint density at radius 1 is 0.917 bits per heavy atom. The molecule has 268 valence electrons. The van der Waals surface area contributed by atoms with Gasteiger partial charge in [-0.1, -0.05) is 12.1 Å². The molecule has 22 nitrogen and oxygen atoms in total. The van der Waals surface area contributed by atoms with Gasteiger partial charge in [-0.25, -0.2) is 13.9 Å². The maximum Gasteiger partial charge on any atom is 0.483 e. The molecule has 1 aromatic carbocycles. The predicted molar refractivity (Wildman–Crippen MR) is 156 cm³/mol. The average molecular weight is 728 g/mol. The van der Waals surface area contributed by atoms with Gasteiger partial charge in [0.1, 0.15) is 42.7 Å². The number of hydrogen-bond acceptors (Lipinski definition) is 17. The van der Waals surface area contributed by atoms with Crippen LogP contribution in [-0.4, -0.2) is 126 Å². The number of phosphoric ester groups is 2. The fourth-order valence-electron chi connectivity index (χ4n) is 4.57. The van der Waals surface area contributed by atoms with E-state index in [4.69, 9.17) is 19.9 Å². The molecule has 2 aliphatic rings. The molecule has 48 heavy (non-hydrogen) atoms. The number of nitrogen functional groups attached to an aromatic ring is 1. The topological polar surface area (TPSA) is 341 Å². The Morgan fingerprint density at radius 3 is 2.27 bits per heavy atom. The van der Waals surface area contributed by atoms with Crippen LogP contribution in [0.4, 0.5) is 5.69 Å². The quantitative estimate of drug-likeness (QED) is 0.0507. The lowest BCUT2D eigenvalue weighted by Gasteiger charge is -2.40. The lowest BCUT2D eigenvalue weighted by Crippen LogP contribution is -2.59. The Bertz CT molecular complexity index is 1640. The molecule has 24 heteroatoms. The molecular weight excluding hydrogens is 694 g/mol. The number of carbonyl (C=O) groups excluding carboxylic acids is 1. The number of nitrogens with two attached hydrogens (primary N) is 1. The summed E-state index contributed by atoms with van der Waals surface area (Å²) < 4.78 is 54.9. The molecule has 2 saturated heterocycles. The van der Waals surface area contributed by atoms with Crippen LogP contribution in [0.25, 0.3) is 0 Å². The van der Waals surface area contributed by atoms with Gasteiger partial charge in [-0.2, -0.15) is 4.31 Å². The summed E-state index contributed by atoms with van der Waals surface area (Å²) in [4.78, 5) is 57.5. The standard InChI is InChI=1S/C24H34N4O18P2/c25-12-4-2-1-3-11(12)21(35)26-6-8-41-9-13-16(30)18(32)20(34)23(44-13)45-48(39,40)46-47(37,38)42-10-14-17(31)19(33)22(43-14)28-7-5-15(29)27-24(28)36/h1-5,7,13-14,16-20,22-23,30-34H,6,8-10,25H2,(H,26,35)(H,37,38)(H,39,40)(H,27,29,36)/t13-,14-,16+,17-,18+,19-,20-,22-,23-/m1/s1. The van der Waals surface area contributed by atoms with Crippen molar-refractivity contribution in [3.63, 3.8) is 0 Å². The maximum atomic E-state index is 12.6. The number of amides is 1. The predicted octanol–water partition coefficient (Wildman–Crippen LogP) is -3.76. The summed E-state index contributed by atoms with van der Waals surface area (Å²) >= 11 is 0. The summed E-state index contributed by atoms with van der Waals surface area (Å²) in [6, 6.07) is 7.24. The number of para-hydroxylation sites is 1. The number of anilines is 1. The van der Waals surface area contributed by atoms with Gasteiger partial charge in [0.15, 0.2) is 12.5 Å². The van der Waals surface area contributed by atoms with Crippen LogP contribution in [0.2, 0.25) is 0 Å². The first-order valence-corrected chi connectivity index (χ1v) is 16.9. The van der Waals surface area contributed by atoms with Crippen molar-refractivity contribution in [2.75, 3.05) is 32.1 Å². The van der Waals surface area contributed by atoms with Gasteiger partial charge in [0.2, 0.25) is 0 Å². The molecule has 0 radical (unpaired) electrons. The summed E-state index contributed by atoms with van der Waals surface area (Å²) in [5.74, 6) is -0.488. The highest BCUT2D eigenvalue weighted by molar-refractivity contribution is 7.61. The summed E-state index contributed by atoms with van der Waals surface area (Å²) in [5, 5.41) is 53.7. The number of hydrogen-bond donors (Lipinski definition) is 10. The first-order chi connectivity index (χ1) is 22.5. The van der Waals surface area contributed by atoms with E-state index < -0.39 is 101 Å². The summed E-state index contributed by atoms with van der Waals surface area (Å²) in [5.41, 5.74) is 4.46. The molecule has 0 saturated carbocycles. The van der Waals surface area contributed by atoms with Crippen LogP contribution in [0.3, 0.4) is 0 Å². The molecule has 2 aliphatic heterocycles. The van der Waals surface area contributed by atoms with Gasteiger partial charge in [-0.3, -0.25) is 28.2 Å². The highest BCUT2D eigenvalue weighted by Gasteiger charge is 2.49. The van der Waals surface area contributed by atoms with Crippen LogP contribution in [0.15, 0.2) is 46.1 Å². The van der Waals surface area contributed by atoms with E-state index in [9.17, 15) is 58.8 Å². The van der Waals surface area contributed by atoms with Crippen LogP contribution in [0.1, 0.15) is 16.6 Å². The zero-order chi connectivity index (χ0) is 35.4. The van der Waals surface area contributed by atoms with E-state index in [1.165, 1.54) is 12.1 Å². The molecule has 0 spiro atoms. The number of benzene rings is 1. The number of aliphatic hydroxyl groups is 5. The minimum atomic E-state index is -5.68. The van der Waals surface area contributed by atoms with Crippen LogP contribution < -0.4 is 22.3 Å². The normalized spacial score (nSPS) is 31.5. The monoisotopic (exact) mass is 728 g/mol. The van der Waals surface area contributed by atoms with E-state index in [2.05, 4.69) is 18.7 Å². The smallest absolute Gasteiger partial charge is 0.398 e. The van der Waals surface area contributed by atoms with Crippen molar-refractivity contribution in [2.45, 2.75) is 55.2 Å². The number of carbonyl (C=O) groups is 1. The van der Waals surface area contributed by atoms with E-state index in [1.54, 1.807) is 12.1 Å². The Morgan fingerprint density at radius 2 is 1.58 bits per heavy atom. The number of H-pyrrole nitrogens is 1. The first kappa shape index (κ1) is 37.9. The number of aliphatic hydroxyl groups excluding tert-OH is 5. The van der Waals surface area contributed by atoms with Crippen LogP contribution >= 0.6 is 15.6 Å². The zero-order valence-corrected chi connectivity index (χ0v) is 26.3. The number of nitrogens with zero attached hydrogens (tertiary/aromatic N) is 1. The second kappa shape index (κ2) is 15.8. The van der Waals surface area contributed by atoms with Crippen molar-refractivity contribution in [1.29, 1.82) is 0 Å². The van der Waals surface area contributed by atoms with Gasteiger partial charge < -0.3 is 60.6 Å². The van der Waals surface area contributed by atoms with E-state index in [-0.39, 0.29) is 24.4 Å². The molecular formula is C24H34N4O18P2.